The van der Waals surface area contributed by atoms with Gasteiger partial charge in [-0.1, -0.05) is 62.0 Å². The minimum Gasteiger partial charge on any atom is -0.496 e. The number of carbonyl (C=O) groups excluding carboxylic acids is 5. The van der Waals surface area contributed by atoms with Gasteiger partial charge in [0.15, 0.2) is 23.1 Å². The average Bonchev–Trinajstić information content (AvgIpc) is 3.92. The van der Waals surface area contributed by atoms with Crippen molar-refractivity contribution in [3.05, 3.63) is 206 Å². The topological polar surface area (TPSA) is 217 Å². The second-order valence-electron chi connectivity index (χ2n) is 15.3. The number of allylic oxidation sites excluding steroid dienone is 1. The number of anilines is 2. The molecule has 1 aliphatic heterocycles. The molecule has 0 saturated heterocycles. The number of ether oxygens (including phenoxy) is 2. The van der Waals surface area contributed by atoms with E-state index in [2.05, 4.69) is 15.6 Å². The van der Waals surface area contributed by atoms with E-state index in [1.807, 2.05) is 43.3 Å². The summed E-state index contributed by atoms with van der Waals surface area (Å²) >= 11 is 0. The van der Waals surface area contributed by atoms with Gasteiger partial charge in [-0.25, -0.2) is 0 Å². The number of ketones is 3. The number of hydrogen-bond donors (Lipinski definition) is 3. The molecule has 0 aliphatic carbocycles. The minimum absolute atomic E-state index is 0. The predicted octanol–water partition coefficient (Wildman–Crippen LogP) is 11.2. The standard InChI is InChI=1S/C18H14N2O2.C18H16O4.C17H12N2O5.CH4/c1-12(21)13-6-4-7-16(10-13)20-18(22)15-9-14-5-2-3-8-17(14)19-11-15;1-11-7-16(21-2)12(8-13(11)10-19)9-17-18(20)14-5-3-4-6-15(14)22-17;1-10(20)11-3-2-4-13(7-11)18-17(21)16-9-12-8-14(19(22)23)5-6-15(12)24-16;/h2-11H,1H3,(H,20,22);3-9,19H,10H2,1-2H3;2-9H,1H3,(H,18,21);1H4/b;17-9-;;. The molecule has 348 valence electrons. The maximum atomic E-state index is 12.3. The number of hydrogen-bond acceptors (Lipinski definition) is 12. The first-order valence-electron chi connectivity index (χ1n) is 20.9. The van der Waals surface area contributed by atoms with Gasteiger partial charge in [0.05, 0.1) is 35.3 Å². The number of aliphatic hydroxyl groups excluding tert-OH is 1. The number of aromatic nitrogens is 1. The highest BCUT2D eigenvalue weighted by Gasteiger charge is 2.27. The van der Waals surface area contributed by atoms with Crippen LogP contribution in [-0.4, -0.2) is 51.3 Å². The number of rotatable bonds is 10. The van der Waals surface area contributed by atoms with Crippen molar-refractivity contribution < 1.29 is 47.9 Å². The Hall–Kier alpha value is -9.08. The molecule has 6 aromatic carbocycles. The minimum atomic E-state index is -0.514. The molecule has 0 atom stereocenters. The normalized spacial score (nSPS) is 11.7. The summed E-state index contributed by atoms with van der Waals surface area (Å²) < 4.78 is 16.4. The lowest BCUT2D eigenvalue weighted by Gasteiger charge is -2.10. The molecule has 0 bridgehead atoms. The number of nitrogens with one attached hydrogen (secondary N) is 2. The molecule has 0 spiro atoms. The number of aliphatic hydroxyl groups is 1. The number of nitrogens with zero attached hydrogens (tertiary/aromatic N) is 2. The lowest BCUT2D eigenvalue weighted by atomic mass is 10.0. The van der Waals surface area contributed by atoms with Crippen molar-refractivity contribution in [1.82, 2.24) is 4.98 Å². The number of non-ortho nitro benzene ring substituents is 1. The summed E-state index contributed by atoms with van der Waals surface area (Å²) in [6.07, 6.45) is 3.20. The largest absolute Gasteiger partial charge is 0.496 e. The molecule has 0 radical (unpaired) electrons. The fraction of sp³-hybridized carbons (Fsp3) is 0.111. The Balaban J connectivity index is 0.000000169. The van der Waals surface area contributed by atoms with Crippen LogP contribution >= 0.6 is 0 Å². The quantitative estimate of drug-likeness (QED) is 0.0505. The fourth-order valence-corrected chi connectivity index (χ4v) is 6.96. The van der Waals surface area contributed by atoms with Crippen molar-refractivity contribution in [2.24, 2.45) is 0 Å². The summed E-state index contributed by atoms with van der Waals surface area (Å²) in [6, 6.07) is 39.1. The molecule has 3 N–H and O–H groups in total. The van der Waals surface area contributed by atoms with Crippen molar-refractivity contribution in [2.75, 3.05) is 17.7 Å². The van der Waals surface area contributed by atoms with Gasteiger partial charge in [-0.15, -0.1) is 0 Å². The number of para-hydroxylation sites is 2. The number of nitro groups is 1. The second kappa shape index (κ2) is 21.9. The van der Waals surface area contributed by atoms with E-state index < -0.39 is 10.8 Å². The third kappa shape index (κ3) is 11.9. The van der Waals surface area contributed by atoms with Gasteiger partial charge in [0.1, 0.15) is 17.1 Å². The van der Waals surface area contributed by atoms with E-state index in [0.29, 0.717) is 61.7 Å². The molecule has 0 fully saturated rings. The number of methoxy groups -OCH3 is 1. The number of amides is 2. The van der Waals surface area contributed by atoms with E-state index in [-0.39, 0.29) is 54.5 Å². The molecule has 8 aromatic rings. The number of fused-ring (bicyclic) bond motifs is 3. The van der Waals surface area contributed by atoms with E-state index in [1.54, 1.807) is 98.2 Å². The fourth-order valence-electron chi connectivity index (χ4n) is 6.96. The van der Waals surface area contributed by atoms with Gasteiger partial charge in [0.25, 0.3) is 17.5 Å². The lowest BCUT2D eigenvalue weighted by molar-refractivity contribution is -0.384. The number of pyridine rings is 1. The van der Waals surface area contributed by atoms with Gasteiger partial charge >= 0.3 is 0 Å². The van der Waals surface area contributed by atoms with Crippen LogP contribution in [0.5, 0.6) is 11.5 Å². The van der Waals surface area contributed by atoms with Crippen molar-refractivity contribution in [3.8, 4) is 11.5 Å². The maximum absolute atomic E-state index is 12.3. The Labute approximate surface area is 396 Å². The third-order valence-corrected chi connectivity index (χ3v) is 10.6. The van der Waals surface area contributed by atoms with Gasteiger partial charge in [-0.3, -0.25) is 39.1 Å². The van der Waals surface area contributed by atoms with E-state index in [4.69, 9.17) is 13.9 Å². The molecular weight excluding hydrogens is 881 g/mol. The smallest absolute Gasteiger partial charge is 0.291 e. The Morgan fingerprint density at radius 2 is 1.41 bits per heavy atom. The van der Waals surface area contributed by atoms with Gasteiger partial charge < -0.3 is 29.6 Å². The number of carbonyl (C=O) groups is 5. The van der Waals surface area contributed by atoms with Crippen LogP contribution in [0.25, 0.3) is 27.9 Å². The summed E-state index contributed by atoms with van der Waals surface area (Å²) in [5.41, 5.74) is 6.69. The Kier molecular flexibility index (Phi) is 15.7. The third-order valence-electron chi connectivity index (χ3n) is 10.6. The van der Waals surface area contributed by atoms with Crippen LogP contribution in [0.4, 0.5) is 17.1 Å². The molecule has 2 amide bonds. The van der Waals surface area contributed by atoms with Crippen LogP contribution in [0.1, 0.15) is 90.0 Å². The summed E-state index contributed by atoms with van der Waals surface area (Å²) in [5, 5.41) is 27.0. The Morgan fingerprint density at radius 1 is 0.754 bits per heavy atom. The molecule has 15 heteroatoms. The average molecular weight is 927 g/mol. The van der Waals surface area contributed by atoms with Crippen LogP contribution in [0.15, 0.2) is 156 Å². The first-order chi connectivity index (χ1) is 32.7. The number of aryl methyl sites for hydroxylation is 1. The van der Waals surface area contributed by atoms with Crippen molar-refractivity contribution in [2.45, 2.75) is 34.8 Å². The monoisotopic (exact) mass is 926 g/mol. The molecule has 15 nitrogen and oxygen atoms in total. The van der Waals surface area contributed by atoms with Gasteiger partial charge in [-0.2, -0.15) is 0 Å². The zero-order chi connectivity index (χ0) is 48.5. The molecule has 0 unspecified atom stereocenters. The van der Waals surface area contributed by atoms with E-state index in [1.165, 1.54) is 38.1 Å². The van der Waals surface area contributed by atoms with Gasteiger partial charge in [0, 0.05) is 57.2 Å². The van der Waals surface area contributed by atoms with Crippen molar-refractivity contribution >= 4 is 74.2 Å². The highest BCUT2D eigenvalue weighted by atomic mass is 16.6. The van der Waals surface area contributed by atoms with Crippen LogP contribution in [0.2, 0.25) is 0 Å². The summed E-state index contributed by atoms with van der Waals surface area (Å²) in [7, 11) is 1.57. The van der Waals surface area contributed by atoms with Crippen LogP contribution in [-0.2, 0) is 6.61 Å². The van der Waals surface area contributed by atoms with Gasteiger partial charge in [0.2, 0.25) is 5.78 Å². The van der Waals surface area contributed by atoms with Crippen LogP contribution in [0, 0.1) is 17.0 Å². The SMILES string of the molecule is C.CC(=O)c1cccc(NC(=O)c2cc3cc([N+](=O)[O-])ccc3o2)c1.CC(=O)c1cccc(NC(=O)c2cnc3ccccc3c2)c1.COc1cc(C)c(CO)cc1/C=C1\Oc2ccccc2C1=O. The number of benzene rings is 6. The molecular formula is C54H46N4O11. The molecule has 69 heavy (non-hydrogen) atoms. The van der Waals surface area contributed by atoms with E-state index >= 15 is 0 Å². The Morgan fingerprint density at radius 3 is 2.04 bits per heavy atom. The van der Waals surface area contributed by atoms with Crippen molar-refractivity contribution in [1.29, 1.82) is 0 Å². The first-order valence-corrected chi connectivity index (χ1v) is 20.9. The molecule has 2 aromatic heterocycles. The lowest BCUT2D eigenvalue weighted by Crippen LogP contribution is -2.12. The number of nitro benzene ring substituents is 1. The molecule has 1 aliphatic rings. The highest BCUT2D eigenvalue weighted by Crippen LogP contribution is 2.34. The zero-order valence-corrected chi connectivity index (χ0v) is 37.1. The summed E-state index contributed by atoms with van der Waals surface area (Å²) in [6.45, 7) is 4.76. The summed E-state index contributed by atoms with van der Waals surface area (Å²) in [4.78, 5) is 74.2. The Bertz CT molecular complexity index is 3320. The molecule has 9 rings (SSSR count). The number of furan rings is 1. The maximum Gasteiger partial charge on any atom is 0.291 e. The van der Waals surface area contributed by atoms with E-state index in [0.717, 1.165) is 22.0 Å². The predicted molar refractivity (Wildman–Crippen MR) is 263 cm³/mol. The van der Waals surface area contributed by atoms with Crippen molar-refractivity contribution in [3.63, 3.8) is 0 Å². The van der Waals surface area contributed by atoms with E-state index in [9.17, 15) is 39.2 Å². The highest BCUT2D eigenvalue weighted by molar-refractivity contribution is 6.14. The zero-order valence-electron chi connectivity index (χ0n) is 37.1. The molecule has 0 saturated carbocycles. The second-order valence-corrected chi connectivity index (χ2v) is 15.3. The van der Waals surface area contributed by atoms with Gasteiger partial charge in [-0.05, 0) is 111 Å². The first kappa shape index (κ1) is 49.4. The van der Waals surface area contributed by atoms with Crippen LogP contribution < -0.4 is 20.1 Å². The summed E-state index contributed by atoms with van der Waals surface area (Å²) in [5.74, 6) is 0.427. The molecule has 3 heterocycles. The number of Topliss-reactive ketones (excluding diaryl/α,β-unsaturated/α-hetero) is 3. The van der Waals surface area contributed by atoms with Crippen LogP contribution in [0.3, 0.4) is 0 Å².